The fourth-order valence-electron chi connectivity index (χ4n) is 1.46. The maximum atomic E-state index is 10.6. The number of carbonyl (C=O) groups is 1. The molecule has 0 radical (unpaired) electrons. The summed E-state index contributed by atoms with van der Waals surface area (Å²) in [5.41, 5.74) is 0. The average molecular weight is 254 g/mol. The Balaban J connectivity index is 2.52. The first-order chi connectivity index (χ1) is 8.63. The molecule has 100 valence electrons. The molecule has 0 amide bonds. The molecular weight excluding hydrogens is 236 g/mol. The summed E-state index contributed by atoms with van der Waals surface area (Å²) in [6.45, 7) is 4.21. The summed E-state index contributed by atoms with van der Waals surface area (Å²) in [7, 11) is 0. The molecule has 2 atom stereocenters. The van der Waals surface area contributed by atoms with Crippen LogP contribution in [0, 0.1) is 0 Å². The lowest BCUT2D eigenvalue weighted by Gasteiger charge is -2.22. The summed E-state index contributed by atoms with van der Waals surface area (Å²) >= 11 is 0. The van der Waals surface area contributed by atoms with Gasteiger partial charge in [-0.05, 0) is 26.0 Å². The van der Waals surface area contributed by atoms with Gasteiger partial charge in [-0.2, -0.15) is 0 Å². The van der Waals surface area contributed by atoms with Crippen LogP contribution in [-0.2, 0) is 9.47 Å². The molecule has 0 saturated carbocycles. The molecule has 0 heterocycles. The number of carboxylic acid groups (broad SMARTS) is 1. The fourth-order valence-corrected chi connectivity index (χ4v) is 1.46. The summed E-state index contributed by atoms with van der Waals surface area (Å²) in [5, 5.41) is 8.66. The Kier molecular flexibility index (Phi) is 6.00. The lowest BCUT2D eigenvalue weighted by molar-refractivity contribution is -0.0599. The van der Waals surface area contributed by atoms with Crippen molar-refractivity contribution in [3.05, 3.63) is 30.3 Å². The Bertz CT molecular complexity index is 352. The van der Waals surface area contributed by atoms with Gasteiger partial charge in [0.05, 0.1) is 6.10 Å². The molecule has 1 aromatic rings. The van der Waals surface area contributed by atoms with Crippen LogP contribution in [0.15, 0.2) is 30.3 Å². The highest BCUT2D eigenvalue weighted by Crippen LogP contribution is 2.12. The summed E-state index contributed by atoms with van der Waals surface area (Å²) in [6.07, 6.45) is -2.33. The van der Waals surface area contributed by atoms with Crippen molar-refractivity contribution in [3.63, 3.8) is 0 Å². The van der Waals surface area contributed by atoms with E-state index < -0.39 is 12.3 Å². The van der Waals surface area contributed by atoms with Crippen molar-refractivity contribution in [1.29, 1.82) is 0 Å². The normalized spacial score (nSPS) is 13.7. The molecule has 0 spiro atoms. The van der Waals surface area contributed by atoms with Crippen molar-refractivity contribution in [1.82, 2.24) is 0 Å². The molecule has 0 aromatic heterocycles. The topological polar surface area (TPSA) is 65.0 Å². The fraction of sp³-hybridized carbons (Fsp3) is 0.462. The molecule has 2 unspecified atom stereocenters. The van der Waals surface area contributed by atoms with Crippen LogP contribution in [0.4, 0.5) is 4.79 Å². The summed E-state index contributed by atoms with van der Waals surface area (Å²) in [4.78, 5) is 10.6. The van der Waals surface area contributed by atoms with Crippen LogP contribution in [0.3, 0.4) is 0 Å². The lowest BCUT2D eigenvalue weighted by Crippen LogP contribution is -2.36. The average Bonchev–Trinajstić information content (AvgIpc) is 2.35. The molecule has 1 aromatic carbocycles. The number of hydrogen-bond acceptors (Lipinski definition) is 4. The van der Waals surface area contributed by atoms with Crippen molar-refractivity contribution in [2.45, 2.75) is 26.1 Å². The van der Waals surface area contributed by atoms with Crippen molar-refractivity contribution in [2.75, 3.05) is 13.2 Å². The first-order valence-electron chi connectivity index (χ1n) is 5.82. The zero-order valence-corrected chi connectivity index (χ0v) is 10.5. The summed E-state index contributed by atoms with van der Waals surface area (Å²) in [6, 6.07) is 9.15. The molecule has 0 bridgehead atoms. The van der Waals surface area contributed by atoms with Gasteiger partial charge < -0.3 is 19.3 Å². The SMILES string of the molecule is CCOC(C)C(COc1ccccc1)OC(=O)O. The summed E-state index contributed by atoms with van der Waals surface area (Å²) in [5.74, 6) is 0.667. The Morgan fingerprint density at radius 3 is 2.56 bits per heavy atom. The van der Waals surface area contributed by atoms with Crippen molar-refractivity contribution >= 4 is 6.16 Å². The highest BCUT2D eigenvalue weighted by Gasteiger charge is 2.22. The van der Waals surface area contributed by atoms with E-state index in [4.69, 9.17) is 19.3 Å². The molecule has 5 nitrogen and oxygen atoms in total. The predicted molar refractivity (Wildman–Crippen MR) is 65.9 cm³/mol. The van der Waals surface area contributed by atoms with Crippen LogP contribution in [-0.4, -0.2) is 36.7 Å². The second-order valence-corrected chi connectivity index (χ2v) is 3.71. The number of rotatable bonds is 7. The van der Waals surface area contributed by atoms with Crippen molar-refractivity contribution in [2.24, 2.45) is 0 Å². The number of ether oxygens (including phenoxy) is 3. The Morgan fingerprint density at radius 2 is 2.00 bits per heavy atom. The molecule has 0 fully saturated rings. The van der Waals surface area contributed by atoms with E-state index in [2.05, 4.69) is 0 Å². The van der Waals surface area contributed by atoms with Crippen LogP contribution in [0.2, 0.25) is 0 Å². The van der Waals surface area contributed by atoms with Gasteiger partial charge in [0.15, 0.2) is 6.10 Å². The van der Waals surface area contributed by atoms with Gasteiger partial charge in [-0.1, -0.05) is 18.2 Å². The number of benzene rings is 1. The molecule has 1 rings (SSSR count). The number of para-hydroxylation sites is 1. The van der Waals surface area contributed by atoms with Crippen LogP contribution < -0.4 is 4.74 Å². The largest absolute Gasteiger partial charge is 0.506 e. The van der Waals surface area contributed by atoms with Gasteiger partial charge in [-0.3, -0.25) is 0 Å². The van der Waals surface area contributed by atoms with Crippen molar-refractivity contribution in [3.8, 4) is 5.75 Å². The van der Waals surface area contributed by atoms with E-state index in [1.165, 1.54) is 0 Å². The van der Waals surface area contributed by atoms with Gasteiger partial charge in [0.1, 0.15) is 12.4 Å². The van der Waals surface area contributed by atoms with Gasteiger partial charge in [0.2, 0.25) is 0 Å². The standard InChI is InChI=1S/C13H18O5/c1-3-16-10(2)12(18-13(14)15)9-17-11-7-5-4-6-8-11/h4-8,10,12H,3,9H2,1-2H3,(H,14,15). The van der Waals surface area contributed by atoms with Gasteiger partial charge >= 0.3 is 6.16 Å². The smallest absolute Gasteiger partial charge is 0.490 e. The first-order valence-corrected chi connectivity index (χ1v) is 5.82. The zero-order chi connectivity index (χ0) is 13.4. The minimum atomic E-state index is -1.33. The highest BCUT2D eigenvalue weighted by molar-refractivity contribution is 5.57. The van der Waals surface area contributed by atoms with Gasteiger partial charge in [0, 0.05) is 6.61 Å². The molecular formula is C13H18O5. The Labute approximate surface area is 106 Å². The van der Waals surface area contributed by atoms with E-state index in [0.29, 0.717) is 12.4 Å². The molecule has 5 heteroatoms. The highest BCUT2D eigenvalue weighted by atomic mass is 16.7. The third-order valence-electron chi connectivity index (χ3n) is 2.36. The first kappa shape index (κ1) is 14.3. The Morgan fingerprint density at radius 1 is 1.33 bits per heavy atom. The van der Waals surface area contributed by atoms with E-state index in [-0.39, 0.29) is 12.7 Å². The lowest BCUT2D eigenvalue weighted by atomic mass is 10.2. The van der Waals surface area contributed by atoms with Crippen molar-refractivity contribution < 1.29 is 24.1 Å². The maximum absolute atomic E-state index is 10.6. The predicted octanol–water partition coefficient (Wildman–Crippen LogP) is 2.55. The third-order valence-corrected chi connectivity index (χ3v) is 2.36. The molecule has 18 heavy (non-hydrogen) atoms. The van der Waals surface area contributed by atoms with E-state index in [9.17, 15) is 4.79 Å². The molecule has 0 aliphatic heterocycles. The van der Waals surface area contributed by atoms with Gasteiger partial charge in [-0.15, -0.1) is 0 Å². The molecule has 0 aliphatic rings. The summed E-state index contributed by atoms with van der Waals surface area (Å²) < 4.78 is 15.5. The second kappa shape index (κ2) is 7.55. The second-order valence-electron chi connectivity index (χ2n) is 3.71. The van der Waals surface area contributed by atoms with E-state index in [1.807, 2.05) is 25.1 Å². The molecule has 1 N–H and O–H groups in total. The molecule has 0 aliphatic carbocycles. The van der Waals surface area contributed by atoms with Crippen LogP contribution in [0.1, 0.15) is 13.8 Å². The zero-order valence-electron chi connectivity index (χ0n) is 10.5. The minimum absolute atomic E-state index is 0.123. The van der Waals surface area contributed by atoms with Crippen LogP contribution in [0.25, 0.3) is 0 Å². The Hall–Kier alpha value is -1.75. The minimum Gasteiger partial charge on any atom is -0.490 e. The van der Waals surface area contributed by atoms with Crippen LogP contribution in [0.5, 0.6) is 5.75 Å². The quantitative estimate of drug-likeness (QED) is 0.757. The number of hydrogen-bond donors (Lipinski definition) is 1. The van der Waals surface area contributed by atoms with E-state index in [0.717, 1.165) is 0 Å². The van der Waals surface area contributed by atoms with Gasteiger partial charge in [-0.25, -0.2) is 4.79 Å². The van der Waals surface area contributed by atoms with Crippen LogP contribution >= 0.6 is 0 Å². The van der Waals surface area contributed by atoms with E-state index >= 15 is 0 Å². The third kappa shape index (κ3) is 5.05. The van der Waals surface area contributed by atoms with Gasteiger partial charge in [0.25, 0.3) is 0 Å². The molecule has 0 saturated heterocycles. The van der Waals surface area contributed by atoms with E-state index in [1.54, 1.807) is 19.1 Å². The monoisotopic (exact) mass is 254 g/mol. The maximum Gasteiger partial charge on any atom is 0.506 e.